The highest BCUT2D eigenvalue weighted by molar-refractivity contribution is 6.31. The topological polar surface area (TPSA) is 108 Å². The van der Waals surface area contributed by atoms with Gasteiger partial charge in [0.2, 0.25) is 0 Å². The number of pyridine rings is 1. The summed E-state index contributed by atoms with van der Waals surface area (Å²) in [5.41, 5.74) is 7.30. The number of aromatic nitrogens is 3. The highest BCUT2D eigenvalue weighted by Gasteiger charge is 2.49. The van der Waals surface area contributed by atoms with Gasteiger partial charge in [-0.2, -0.15) is 13.9 Å². The fourth-order valence-electron chi connectivity index (χ4n) is 5.69. The summed E-state index contributed by atoms with van der Waals surface area (Å²) in [6.07, 6.45) is 4.76. The monoisotopic (exact) mass is 544 g/mol. The number of nitrogens with one attached hydrogen (secondary N) is 1. The van der Waals surface area contributed by atoms with E-state index in [2.05, 4.69) is 20.1 Å². The Balaban J connectivity index is 1.23. The molecule has 9 nitrogen and oxygen atoms in total. The second-order valence-electron chi connectivity index (χ2n) is 9.98. The number of hydrogen-bond donors (Lipinski definition) is 2. The van der Waals surface area contributed by atoms with Gasteiger partial charge in [0.15, 0.2) is 11.6 Å². The van der Waals surface area contributed by atoms with Gasteiger partial charge < -0.3 is 25.4 Å². The van der Waals surface area contributed by atoms with Crippen LogP contribution in [-0.4, -0.2) is 52.0 Å². The van der Waals surface area contributed by atoms with Crippen LogP contribution >= 0.6 is 11.6 Å². The van der Waals surface area contributed by atoms with Crippen molar-refractivity contribution in [3.05, 3.63) is 58.9 Å². The molecule has 6 rings (SSSR count). The summed E-state index contributed by atoms with van der Waals surface area (Å²) in [4.78, 5) is 19.2. The van der Waals surface area contributed by atoms with Crippen molar-refractivity contribution in [2.45, 2.75) is 50.0 Å². The molecule has 3 aliphatic rings. The van der Waals surface area contributed by atoms with E-state index in [0.29, 0.717) is 48.9 Å². The molecule has 2 fully saturated rings. The van der Waals surface area contributed by atoms with Crippen molar-refractivity contribution in [2.24, 2.45) is 0 Å². The van der Waals surface area contributed by atoms with Crippen molar-refractivity contribution in [1.29, 1.82) is 0 Å². The number of carbonyl (C=O) groups is 1. The molecule has 12 heteroatoms. The first-order chi connectivity index (χ1) is 18.3. The molecule has 2 aromatic heterocycles. The van der Waals surface area contributed by atoms with Crippen molar-refractivity contribution < 1.29 is 23.0 Å². The van der Waals surface area contributed by atoms with Crippen LogP contribution in [0.25, 0.3) is 11.3 Å². The van der Waals surface area contributed by atoms with Gasteiger partial charge >= 0.3 is 12.6 Å². The number of alkyl halides is 2. The molecule has 0 radical (unpaired) electrons. The van der Waals surface area contributed by atoms with Crippen LogP contribution in [0.2, 0.25) is 5.02 Å². The molecule has 2 aliphatic heterocycles. The number of nitrogens with two attached hydrogens (primary N) is 1. The fourth-order valence-corrected chi connectivity index (χ4v) is 6.01. The molecular weight excluding hydrogens is 518 g/mol. The summed E-state index contributed by atoms with van der Waals surface area (Å²) in [5, 5.41) is 8.58. The standard InChI is InChI=1S/C26H27ClF2N6O3/c27-18-5-2-1-4-17(18)25(6-3-7-25)32-24(36)34-9-8-26(15-34)21-13-19(33-35(21)10-11-37-26)16-12-20(38-23(28)29)22(30)31-14-16/h1-2,4-5,12-14,23H,3,6-11,15H2,(H2,30,31)(H,32,36)/t26-/m1/s1. The lowest BCUT2D eigenvalue weighted by Gasteiger charge is -2.44. The summed E-state index contributed by atoms with van der Waals surface area (Å²) < 4.78 is 38.2. The summed E-state index contributed by atoms with van der Waals surface area (Å²) >= 11 is 6.48. The Morgan fingerprint density at radius 2 is 2.03 bits per heavy atom. The molecule has 1 spiro atoms. The molecule has 1 atom stereocenters. The number of likely N-dealkylation sites (tertiary alicyclic amines) is 1. The van der Waals surface area contributed by atoms with E-state index in [1.165, 1.54) is 12.3 Å². The van der Waals surface area contributed by atoms with Crippen molar-refractivity contribution >= 4 is 23.4 Å². The smallest absolute Gasteiger partial charge is 0.387 e. The van der Waals surface area contributed by atoms with Crippen molar-refractivity contribution in [2.75, 3.05) is 25.4 Å². The Hall–Kier alpha value is -3.44. The van der Waals surface area contributed by atoms with Crippen LogP contribution in [0.4, 0.5) is 19.4 Å². The minimum atomic E-state index is -3.02. The van der Waals surface area contributed by atoms with Gasteiger partial charge in [-0.25, -0.2) is 9.78 Å². The predicted octanol–water partition coefficient (Wildman–Crippen LogP) is 4.50. The zero-order valence-electron chi connectivity index (χ0n) is 20.5. The van der Waals surface area contributed by atoms with E-state index in [-0.39, 0.29) is 17.6 Å². The summed E-state index contributed by atoms with van der Waals surface area (Å²) in [6.45, 7) is -1.17. The first kappa shape index (κ1) is 24.9. The molecule has 3 N–H and O–H groups in total. The first-order valence-corrected chi connectivity index (χ1v) is 12.9. The number of amides is 2. The van der Waals surface area contributed by atoms with Gasteiger partial charge in [0.05, 0.1) is 36.6 Å². The lowest BCUT2D eigenvalue weighted by molar-refractivity contribution is -0.0703. The third-order valence-corrected chi connectivity index (χ3v) is 8.11. The van der Waals surface area contributed by atoms with Gasteiger partial charge in [0.1, 0.15) is 5.60 Å². The van der Waals surface area contributed by atoms with Gasteiger partial charge in [-0.05, 0) is 43.0 Å². The molecular formula is C26H27ClF2N6O3. The van der Waals surface area contributed by atoms with Gasteiger partial charge in [-0.3, -0.25) is 4.68 Å². The van der Waals surface area contributed by atoms with Gasteiger partial charge in [-0.15, -0.1) is 0 Å². The minimum absolute atomic E-state index is 0.128. The maximum absolute atomic E-state index is 13.5. The highest BCUT2D eigenvalue weighted by Crippen LogP contribution is 2.45. The third-order valence-electron chi connectivity index (χ3n) is 7.78. The number of nitrogens with zero attached hydrogens (tertiary/aromatic N) is 4. The molecule has 38 heavy (non-hydrogen) atoms. The largest absolute Gasteiger partial charge is 0.431 e. The molecule has 1 aromatic carbocycles. The number of anilines is 1. The average Bonchev–Trinajstić information content (AvgIpc) is 3.49. The van der Waals surface area contributed by atoms with E-state index in [9.17, 15) is 13.6 Å². The molecule has 1 saturated heterocycles. The molecule has 1 aliphatic carbocycles. The molecule has 2 amide bonds. The van der Waals surface area contributed by atoms with Crippen molar-refractivity contribution in [3.63, 3.8) is 0 Å². The fraction of sp³-hybridized carbons (Fsp3) is 0.423. The Morgan fingerprint density at radius 3 is 2.76 bits per heavy atom. The van der Waals surface area contributed by atoms with Crippen LogP contribution in [0, 0.1) is 0 Å². The maximum Gasteiger partial charge on any atom is 0.387 e. The second-order valence-corrected chi connectivity index (χ2v) is 10.4. The second kappa shape index (κ2) is 9.39. The van der Waals surface area contributed by atoms with E-state index in [1.807, 2.05) is 35.0 Å². The van der Waals surface area contributed by atoms with Crippen LogP contribution in [-0.2, 0) is 22.4 Å². The Bertz CT molecular complexity index is 1380. The predicted molar refractivity (Wildman–Crippen MR) is 136 cm³/mol. The molecule has 0 unspecified atom stereocenters. The number of hydrogen-bond acceptors (Lipinski definition) is 6. The number of urea groups is 1. The van der Waals surface area contributed by atoms with E-state index in [4.69, 9.17) is 22.1 Å². The normalized spacial score (nSPS) is 21.8. The molecule has 200 valence electrons. The molecule has 3 aromatic rings. The van der Waals surface area contributed by atoms with Crippen LogP contribution in [0.5, 0.6) is 5.75 Å². The van der Waals surface area contributed by atoms with Crippen LogP contribution in [0.1, 0.15) is 36.9 Å². The molecule has 1 saturated carbocycles. The van der Waals surface area contributed by atoms with Crippen molar-refractivity contribution in [1.82, 2.24) is 25.0 Å². The minimum Gasteiger partial charge on any atom is -0.431 e. The van der Waals surface area contributed by atoms with Crippen LogP contribution in [0.3, 0.4) is 0 Å². The number of benzene rings is 1. The number of fused-ring (bicyclic) bond motifs is 2. The average molecular weight is 545 g/mol. The number of nitrogen functional groups attached to an aromatic ring is 1. The lowest BCUT2D eigenvalue weighted by atomic mass is 9.72. The quantitative estimate of drug-likeness (QED) is 0.490. The first-order valence-electron chi connectivity index (χ1n) is 12.5. The maximum atomic E-state index is 13.5. The Kier molecular flexibility index (Phi) is 6.14. The highest BCUT2D eigenvalue weighted by atomic mass is 35.5. The third kappa shape index (κ3) is 4.23. The zero-order valence-corrected chi connectivity index (χ0v) is 21.3. The van der Waals surface area contributed by atoms with Crippen LogP contribution in [0.15, 0.2) is 42.6 Å². The van der Waals surface area contributed by atoms with E-state index in [1.54, 1.807) is 4.90 Å². The van der Waals surface area contributed by atoms with E-state index in [0.717, 1.165) is 30.5 Å². The summed E-state index contributed by atoms with van der Waals surface area (Å²) in [5.74, 6) is -0.335. The SMILES string of the molecule is Nc1ncc(-c2cc3n(n2)CCO[C@@]32CCN(C(=O)NC3(c4ccccc4Cl)CCC3)C2)cc1OC(F)F. The number of carbonyl (C=O) groups excluding carboxylic acids is 1. The Morgan fingerprint density at radius 1 is 1.21 bits per heavy atom. The molecule has 0 bridgehead atoms. The van der Waals surface area contributed by atoms with E-state index >= 15 is 0 Å². The number of rotatable bonds is 5. The zero-order chi connectivity index (χ0) is 26.5. The Labute approximate surface area is 222 Å². The molecule has 4 heterocycles. The van der Waals surface area contributed by atoms with Crippen molar-refractivity contribution in [3.8, 4) is 17.0 Å². The van der Waals surface area contributed by atoms with Gasteiger partial charge in [0, 0.05) is 29.7 Å². The summed E-state index contributed by atoms with van der Waals surface area (Å²) in [7, 11) is 0. The summed E-state index contributed by atoms with van der Waals surface area (Å²) in [6, 6.07) is 10.7. The van der Waals surface area contributed by atoms with E-state index < -0.39 is 17.8 Å². The number of ether oxygens (including phenoxy) is 2. The van der Waals surface area contributed by atoms with Gasteiger partial charge in [0.25, 0.3) is 0 Å². The number of halogens is 3. The lowest BCUT2D eigenvalue weighted by Crippen LogP contribution is -2.55. The van der Waals surface area contributed by atoms with Gasteiger partial charge in [-0.1, -0.05) is 29.8 Å². The van der Waals surface area contributed by atoms with Crippen LogP contribution < -0.4 is 15.8 Å².